The fourth-order valence-corrected chi connectivity index (χ4v) is 2.52. The highest BCUT2D eigenvalue weighted by Gasteiger charge is 2.36. The van der Waals surface area contributed by atoms with Gasteiger partial charge in [0.05, 0.1) is 6.10 Å². The van der Waals surface area contributed by atoms with Crippen LogP contribution in [-0.2, 0) is 9.53 Å². The highest BCUT2D eigenvalue weighted by Crippen LogP contribution is 2.24. The van der Waals surface area contributed by atoms with Crippen LogP contribution in [0.4, 0.5) is 0 Å². The van der Waals surface area contributed by atoms with Gasteiger partial charge in [0.15, 0.2) is 0 Å². The molecule has 0 bridgehead atoms. The molecule has 0 saturated carbocycles. The fraction of sp³-hybridized carbons (Fsp3) is 0.929. The lowest BCUT2D eigenvalue weighted by Crippen LogP contribution is -2.51. The number of hydrogen-bond donors (Lipinski definition) is 1. The third-order valence-electron chi connectivity index (χ3n) is 3.78. The first-order chi connectivity index (χ1) is 8.38. The van der Waals surface area contributed by atoms with Crippen LogP contribution in [0.5, 0.6) is 0 Å². The first-order valence-electron chi connectivity index (χ1n) is 6.92. The Kier molecular flexibility index (Phi) is 5.60. The van der Waals surface area contributed by atoms with Crippen LogP contribution in [0.15, 0.2) is 0 Å². The molecule has 0 aromatic carbocycles. The molecule has 2 unspecified atom stereocenters. The average Bonchev–Trinajstić information content (AvgIpc) is 2.52. The van der Waals surface area contributed by atoms with Crippen LogP contribution < -0.4 is 0 Å². The van der Waals surface area contributed by atoms with Crippen LogP contribution >= 0.6 is 0 Å². The number of ether oxygens (including phenoxy) is 1. The summed E-state index contributed by atoms with van der Waals surface area (Å²) in [5, 5.41) is 9.59. The summed E-state index contributed by atoms with van der Waals surface area (Å²) >= 11 is 0. The van der Waals surface area contributed by atoms with Crippen molar-refractivity contribution in [2.45, 2.75) is 70.6 Å². The fourth-order valence-electron chi connectivity index (χ4n) is 2.52. The van der Waals surface area contributed by atoms with E-state index in [-0.39, 0.29) is 18.1 Å². The number of carbonyl (C=O) groups is 1. The molecule has 1 saturated heterocycles. The van der Waals surface area contributed by atoms with E-state index in [9.17, 15) is 9.90 Å². The molecular weight excluding hydrogens is 230 g/mol. The largest absolute Gasteiger partial charge is 0.393 e. The van der Waals surface area contributed by atoms with Gasteiger partial charge in [-0.1, -0.05) is 12.8 Å². The predicted molar refractivity (Wildman–Crippen MR) is 71.4 cm³/mol. The van der Waals surface area contributed by atoms with Crippen molar-refractivity contribution in [1.82, 2.24) is 4.90 Å². The maximum atomic E-state index is 12.5. The maximum Gasteiger partial charge on any atom is 0.254 e. The van der Waals surface area contributed by atoms with E-state index in [2.05, 4.69) is 0 Å². The van der Waals surface area contributed by atoms with Gasteiger partial charge in [0, 0.05) is 19.7 Å². The topological polar surface area (TPSA) is 49.8 Å². The molecule has 18 heavy (non-hydrogen) atoms. The normalized spacial score (nSPS) is 23.6. The summed E-state index contributed by atoms with van der Waals surface area (Å²) in [6.45, 7) is 6.18. The van der Waals surface area contributed by atoms with Gasteiger partial charge < -0.3 is 14.7 Å². The van der Waals surface area contributed by atoms with Gasteiger partial charge >= 0.3 is 0 Å². The number of rotatable bonds is 4. The second kappa shape index (κ2) is 6.53. The molecule has 4 heteroatoms. The number of hydrogen-bond acceptors (Lipinski definition) is 3. The second-order valence-corrected chi connectivity index (χ2v) is 5.80. The van der Waals surface area contributed by atoms with Crippen molar-refractivity contribution in [2.24, 2.45) is 0 Å². The van der Waals surface area contributed by atoms with E-state index in [1.807, 2.05) is 4.90 Å². The van der Waals surface area contributed by atoms with Crippen molar-refractivity contribution in [1.29, 1.82) is 0 Å². The number of nitrogens with zero attached hydrogens (tertiary/aromatic N) is 1. The molecule has 0 aliphatic carbocycles. The lowest BCUT2D eigenvalue weighted by molar-refractivity contribution is -0.154. The highest BCUT2D eigenvalue weighted by atomic mass is 16.5. The maximum absolute atomic E-state index is 12.5. The van der Waals surface area contributed by atoms with Gasteiger partial charge in [-0.25, -0.2) is 0 Å². The molecule has 0 spiro atoms. The first-order valence-corrected chi connectivity index (χ1v) is 6.92. The Morgan fingerprint density at radius 1 is 1.44 bits per heavy atom. The molecule has 1 heterocycles. The van der Waals surface area contributed by atoms with Crippen LogP contribution in [0.3, 0.4) is 0 Å². The Balaban J connectivity index is 2.81. The molecule has 1 rings (SSSR count). The average molecular weight is 257 g/mol. The third kappa shape index (κ3) is 3.95. The zero-order valence-electron chi connectivity index (χ0n) is 12.1. The Morgan fingerprint density at radius 2 is 2.11 bits per heavy atom. The predicted octanol–water partition coefficient (Wildman–Crippen LogP) is 1.95. The summed E-state index contributed by atoms with van der Waals surface area (Å²) in [5.41, 5.74) is -0.777. The van der Waals surface area contributed by atoms with Crippen LogP contribution in [0.25, 0.3) is 0 Å². The molecule has 1 N–H and O–H groups in total. The smallest absolute Gasteiger partial charge is 0.254 e. The molecule has 0 radical (unpaired) electrons. The Labute approximate surface area is 110 Å². The van der Waals surface area contributed by atoms with Crippen LogP contribution in [-0.4, -0.2) is 47.3 Å². The van der Waals surface area contributed by atoms with E-state index < -0.39 is 5.60 Å². The minimum atomic E-state index is -0.777. The molecule has 0 aromatic heterocycles. The Bertz CT molecular complexity index is 276. The van der Waals surface area contributed by atoms with E-state index in [0.717, 1.165) is 32.2 Å². The highest BCUT2D eigenvalue weighted by molar-refractivity contribution is 5.84. The van der Waals surface area contributed by atoms with Gasteiger partial charge in [-0.2, -0.15) is 0 Å². The van der Waals surface area contributed by atoms with Crippen molar-refractivity contribution < 1.29 is 14.6 Å². The van der Waals surface area contributed by atoms with Crippen LogP contribution in [0.1, 0.15) is 52.9 Å². The summed E-state index contributed by atoms with van der Waals surface area (Å²) in [6, 6.07) is 0.148. The summed E-state index contributed by atoms with van der Waals surface area (Å²) in [4.78, 5) is 14.4. The SMILES string of the molecule is COC(C)(C)C(=O)N1CCCCCC1CC(C)O. The first kappa shape index (κ1) is 15.4. The lowest BCUT2D eigenvalue weighted by atomic mass is 10.0. The number of methoxy groups -OCH3 is 1. The molecule has 0 aromatic rings. The molecule has 106 valence electrons. The number of amides is 1. The van der Waals surface area contributed by atoms with Gasteiger partial charge in [-0.3, -0.25) is 4.79 Å². The van der Waals surface area contributed by atoms with E-state index in [1.165, 1.54) is 0 Å². The van der Waals surface area contributed by atoms with E-state index in [1.54, 1.807) is 27.9 Å². The van der Waals surface area contributed by atoms with Crippen molar-refractivity contribution in [3.8, 4) is 0 Å². The number of carbonyl (C=O) groups excluding carboxylic acids is 1. The van der Waals surface area contributed by atoms with Crippen molar-refractivity contribution in [2.75, 3.05) is 13.7 Å². The van der Waals surface area contributed by atoms with Gasteiger partial charge in [-0.15, -0.1) is 0 Å². The minimum Gasteiger partial charge on any atom is -0.393 e. The summed E-state index contributed by atoms with van der Waals surface area (Å²) in [6.07, 6.45) is 4.61. The second-order valence-electron chi connectivity index (χ2n) is 5.80. The van der Waals surface area contributed by atoms with Crippen LogP contribution in [0, 0.1) is 0 Å². The van der Waals surface area contributed by atoms with Gasteiger partial charge in [-0.05, 0) is 40.0 Å². The molecule has 1 aliphatic rings. The van der Waals surface area contributed by atoms with E-state index in [0.29, 0.717) is 6.42 Å². The van der Waals surface area contributed by atoms with E-state index >= 15 is 0 Å². The summed E-state index contributed by atoms with van der Waals surface area (Å²) in [7, 11) is 1.57. The monoisotopic (exact) mass is 257 g/mol. The quantitative estimate of drug-likeness (QED) is 0.837. The molecule has 1 aliphatic heterocycles. The lowest BCUT2D eigenvalue weighted by Gasteiger charge is -2.36. The number of aliphatic hydroxyl groups is 1. The molecule has 2 atom stereocenters. The summed E-state index contributed by atoms with van der Waals surface area (Å²) in [5.74, 6) is 0.0394. The molecular formula is C14H27NO3. The van der Waals surface area contributed by atoms with Gasteiger partial charge in [0.1, 0.15) is 5.60 Å². The van der Waals surface area contributed by atoms with Crippen molar-refractivity contribution in [3.05, 3.63) is 0 Å². The van der Waals surface area contributed by atoms with Crippen molar-refractivity contribution in [3.63, 3.8) is 0 Å². The van der Waals surface area contributed by atoms with Crippen LogP contribution in [0.2, 0.25) is 0 Å². The zero-order chi connectivity index (χ0) is 13.8. The van der Waals surface area contributed by atoms with Crippen molar-refractivity contribution >= 4 is 5.91 Å². The molecule has 1 amide bonds. The van der Waals surface area contributed by atoms with Gasteiger partial charge in [0.2, 0.25) is 0 Å². The number of aliphatic hydroxyl groups excluding tert-OH is 1. The zero-order valence-corrected chi connectivity index (χ0v) is 12.1. The Hall–Kier alpha value is -0.610. The molecule has 1 fully saturated rings. The minimum absolute atomic E-state index is 0.0394. The Morgan fingerprint density at radius 3 is 2.67 bits per heavy atom. The van der Waals surface area contributed by atoms with E-state index in [4.69, 9.17) is 4.74 Å². The van der Waals surface area contributed by atoms with Gasteiger partial charge in [0.25, 0.3) is 5.91 Å². The standard InChI is InChI=1S/C14H27NO3/c1-11(16)10-12-8-6-5-7-9-15(12)13(17)14(2,3)18-4/h11-12,16H,5-10H2,1-4H3. The number of likely N-dealkylation sites (tertiary alicyclic amines) is 1. The third-order valence-corrected chi connectivity index (χ3v) is 3.78. The summed E-state index contributed by atoms with van der Waals surface area (Å²) < 4.78 is 5.29. The molecule has 4 nitrogen and oxygen atoms in total.